The second-order valence-corrected chi connectivity index (χ2v) is 7.40. The summed E-state index contributed by atoms with van der Waals surface area (Å²) in [5, 5.41) is 7.99. The van der Waals surface area contributed by atoms with Gasteiger partial charge in [0.25, 0.3) is 0 Å². The standard InChI is InChI=1S/C20H14N4.C4H8O2.2ClH/c1-2-14-10-16-5-6-18(23-16)12-20-8-7-19(24-20)11-17-4-3-15(22-17)9-13(1)21-14;1-3(2)4(5)6;;/h1-12,21-22H;3H,1-2H3,(H,5,6);2*1H. The van der Waals surface area contributed by atoms with Crippen molar-refractivity contribution in [3.8, 4) is 0 Å². The molecule has 5 rings (SSSR count). The minimum absolute atomic E-state index is 0. The molecule has 0 amide bonds. The van der Waals surface area contributed by atoms with Gasteiger partial charge in [0.1, 0.15) is 0 Å². The van der Waals surface area contributed by atoms with Crippen molar-refractivity contribution in [3.05, 3.63) is 71.3 Å². The van der Waals surface area contributed by atoms with Crippen LogP contribution in [0.3, 0.4) is 0 Å². The maximum atomic E-state index is 9.70. The largest absolute Gasteiger partial charge is 0.481 e. The second-order valence-electron chi connectivity index (χ2n) is 7.40. The lowest BCUT2D eigenvalue weighted by Gasteiger charge is -1.89. The molecular formula is C24H24Cl2N4O2. The molecule has 3 aromatic heterocycles. The highest BCUT2D eigenvalue weighted by atomic mass is 35.5. The molecule has 32 heavy (non-hydrogen) atoms. The van der Waals surface area contributed by atoms with Crippen LogP contribution in [0, 0.1) is 5.92 Å². The molecule has 0 unspecified atom stereocenters. The Morgan fingerprint density at radius 3 is 1.34 bits per heavy atom. The molecule has 0 aromatic carbocycles. The van der Waals surface area contributed by atoms with Gasteiger partial charge in [0.05, 0.1) is 28.7 Å². The minimum atomic E-state index is -0.741. The summed E-state index contributed by atoms with van der Waals surface area (Å²) in [5.41, 5.74) is 7.86. The van der Waals surface area contributed by atoms with E-state index in [0.29, 0.717) is 0 Å². The monoisotopic (exact) mass is 470 g/mol. The number of carboxylic acid groups (broad SMARTS) is 1. The first-order valence-electron chi connectivity index (χ1n) is 9.72. The molecule has 8 bridgehead atoms. The normalized spacial score (nSPS) is 11.2. The van der Waals surface area contributed by atoms with Crippen LogP contribution in [0.4, 0.5) is 0 Å². The summed E-state index contributed by atoms with van der Waals surface area (Å²) in [5.74, 6) is -0.972. The fraction of sp³-hybridized carbons (Fsp3) is 0.125. The number of hydrogen-bond acceptors (Lipinski definition) is 3. The van der Waals surface area contributed by atoms with Crippen molar-refractivity contribution in [2.45, 2.75) is 13.8 Å². The van der Waals surface area contributed by atoms with Crippen molar-refractivity contribution in [3.63, 3.8) is 0 Å². The zero-order valence-corrected chi connectivity index (χ0v) is 19.2. The van der Waals surface area contributed by atoms with Crippen LogP contribution in [0.15, 0.2) is 48.5 Å². The number of halogens is 2. The summed E-state index contributed by atoms with van der Waals surface area (Å²) in [6.45, 7) is 3.28. The molecule has 0 spiro atoms. The molecule has 0 radical (unpaired) electrons. The lowest BCUT2D eigenvalue weighted by Crippen LogP contribution is -2.03. The molecule has 8 heteroatoms. The fourth-order valence-corrected chi connectivity index (χ4v) is 2.94. The number of aromatic nitrogens is 4. The van der Waals surface area contributed by atoms with E-state index in [1.165, 1.54) is 0 Å². The number of aliphatic carboxylic acids is 1. The van der Waals surface area contributed by atoms with Gasteiger partial charge < -0.3 is 15.1 Å². The van der Waals surface area contributed by atoms with E-state index < -0.39 is 5.97 Å². The van der Waals surface area contributed by atoms with E-state index in [-0.39, 0.29) is 30.7 Å². The molecule has 3 N–H and O–H groups in total. The van der Waals surface area contributed by atoms with E-state index >= 15 is 0 Å². The molecule has 0 atom stereocenters. The zero-order valence-electron chi connectivity index (χ0n) is 17.6. The molecule has 0 fully saturated rings. The number of aromatic amines is 2. The van der Waals surface area contributed by atoms with E-state index in [2.05, 4.69) is 50.3 Å². The van der Waals surface area contributed by atoms with Crippen molar-refractivity contribution >= 4 is 77.2 Å². The van der Waals surface area contributed by atoms with Gasteiger partial charge in [-0.3, -0.25) is 4.79 Å². The maximum absolute atomic E-state index is 9.70. The Hall–Kier alpha value is -3.35. The van der Waals surface area contributed by atoms with Crippen LogP contribution in [0.2, 0.25) is 0 Å². The zero-order chi connectivity index (χ0) is 21.1. The highest BCUT2D eigenvalue weighted by Gasteiger charge is 2.02. The van der Waals surface area contributed by atoms with E-state index in [1.54, 1.807) is 13.8 Å². The van der Waals surface area contributed by atoms with Gasteiger partial charge in [-0.05, 0) is 72.8 Å². The van der Waals surface area contributed by atoms with E-state index in [9.17, 15) is 4.79 Å². The van der Waals surface area contributed by atoms with Crippen LogP contribution in [0.25, 0.3) is 46.4 Å². The van der Waals surface area contributed by atoms with Crippen LogP contribution in [-0.4, -0.2) is 31.0 Å². The van der Waals surface area contributed by atoms with E-state index in [4.69, 9.17) is 5.11 Å². The van der Waals surface area contributed by atoms with Gasteiger partial charge in [-0.15, -0.1) is 24.8 Å². The van der Waals surface area contributed by atoms with Gasteiger partial charge >= 0.3 is 5.97 Å². The molecule has 166 valence electrons. The average Bonchev–Trinajstić information content (AvgIpc) is 3.47. The Bertz CT molecular complexity index is 1230. The van der Waals surface area contributed by atoms with Gasteiger partial charge in [-0.2, -0.15) is 0 Å². The van der Waals surface area contributed by atoms with Crippen molar-refractivity contribution in [2.24, 2.45) is 5.92 Å². The van der Waals surface area contributed by atoms with Gasteiger partial charge in [0.2, 0.25) is 0 Å². The first-order valence-corrected chi connectivity index (χ1v) is 9.72. The molecule has 5 heterocycles. The lowest BCUT2D eigenvalue weighted by molar-refractivity contribution is -0.140. The highest BCUT2D eigenvalue weighted by molar-refractivity contribution is 5.85. The van der Waals surface area contributed by atoms with Gasteiger partial charge in [0.15, 0.2) is 0 Å². The van der Waals surface area contributed by atoms with Gasteiger partial charge in [0, 0.05) is 22.1 Å². The number of nitrogens with one attached hydrogen (secondary N) is 2. The van der Waals surface area contributed by atoms with Crippen LogP contribution >= 0.6 is 24.8 Å². The minimum Gasteiger partial charge on any atom is -0.481 e. The molecule has 0 saturated carbocycles. The van der Waals surface area contributed by atoms with Crippen molar-refractivity contribution in [2.75, 3.05) is 0 Å². The molecule has 6 nitrogen and oxygen atoms in total. The molecule has 2 aliphatic heterocycles. The Kier molecular flexibility index (Phi) is 8.41. The number of carboxylic acids is 1. The summed E-state index contributed by atoms with van der Waals surface area (Å²) in [6, 6.07) is 16.4. The SMILES string of the molecule is C1=Cc2cc3ccc(cc4ccc(cc5nc(cc1n2)C=C5)[nH]4)[nH]3.CC(C)C(=O)O.Cl.Cl. The summed E-state index contributed by atoms with van der Waals surface area (Å²) in [4.78, 5) is 25.7. The Balaban J connectivity index is 0.000000406. The number of carbonyl (C=O) groups is 1. The second kappa shape index (κ2) is 10.8. The van der Waals surface area contributed by atoms with Crippen LogP contribution in [0.5, 0.6) is 0 Å². The van der Waals surface area contributed by atoms with Crippen molar-refractivity contribution < 1.29 is 9.90 Å². The number of hydrogen-bond donors (Lipinski definition) is 3. The number of H-pyrrole nitrogens is 2. The van der Waals surface area contributed by atoms with Crippen LogP contribution in [-0.2, 0) is 4.79 Å². The topological polar surface area (TPSA) is 94.7 Å². The summed E-state index contributed by atoms with van der Waals surface area (Å²) in [6.07, 6.45) is 8.05. The first kappa shape index (κ1) is 24.9. The van der Waals surface area contributed by atoms with E-state index in [1.807, 2.05) is 42.5 Å². The Labute approximate surface area is 198 Å². The third kappa shape index (κ3) is 6.33. The van der Waals surface area contributed by atoms with Crippen LogP contribution in [0.1, 0.15) is 36.6 Å². The highest BCUT2D eigenvalue weighted by Crippen LogP contribution is 2.17. The predicted octanol–water partition coefficient (Wildman–Crippen LogP) is 6.23. The van der Waals surface area contributed by atoms with Gasteiger partial charge in [-0.25, -0.2) is 9.97 Å². The Morgan fingerprint density at radius 2 is 1.00 bits per heavy atom. The first-order chi connectivity index (χ1) is 14.4. The summed E-state index contributed by atoms with van der Waals surface area (Å²) in [7, 11) is 0. The summed E-state index contributed by atoms with van der Waals surface area (Å²) >= 11 is 0. The third-order valence-corrected chi connectivity index (χ3v) is 4.54. The van der Waals surface area contributed by atoms with Crippen LogP contribution < -0.4 is 0 Å². The molecular weight excluding hydrogens is 447 g/mol. The molecule has 0 aliphatic carbocycles. The smallest absolute Gasteiger partial charge is 0.305 e. The quantitative estimate of drug-likeness (QED) is 0.270. The third-order valence-electron chi connectivity index (χ3n) is 4.54. The van der Waals surface area contributed by atoms with E-state index in [0.717, 1.165) is 44.8 Å². The molecule has 3 aromatic rings. The van der Waals surface area contributed by atoms with Crippen molar-refractivity contribution in [1.29, 1.82) is 0 Å². The average molecular weight is 471 g/mol. The number of rotatable bonds is 1. The molecule has 2 aliphatic rings. The summed E-state index contributed by atoms with van der Waals surface area (Å²) < 4.78 is 0. The maximum Gasteiger partial charge on any atom is 0.305 e. The number of nitrogens with zero attached hydrogens (tertiary/aromatic N) is 2. The predicted molar refractivity (Wildman–Crippen MR) is 136 cm³/mol. The number of fused-ring (bicyclic) bond motifs is 8. The van der Waals surface area contributed by atoms with Gasteiger partial charge in [-0.1, -0.05) is 13.8 Å². The fourth-order valence-electron chi connectivity index (χ4n) is 2.94. The lowest BCUT2D eigenvalue weighted by atomic mass is 10.2. The Morgan fingerprint density at radius 1 is 0.688 bits per heavy atom. The molecule has 0 saturated heterocycles. The van der Waals surface area contributed by atoms with Crippen molar-refractivity contribution in [1.82, 2.24) is 19.9 Å².